The number of aliphatic hydroxyl groups excluding tert-OH is 1. The monoisotopic (exact) mass is 148 g/mol. The van der Waals surface area contributed by atoms with E-state index in [0.29, 0.717) is 0 Å². The Morgan fingerprint density at radius 1 is 1.40 bits per heavy atom. The van der Waals surface area contributed by atoms with Crippen LogP contribution in [-0.4, -0.2) is 30.7 Å². The molecule has 1 aliphatic rings. The highest BCUT2D eigenvalue weighted by molar-refractivity contribution is 4.65. The van der Waals surface area contributed by atoms with Gasteiger partial charge in [0.15, 0.2) is 5.79 Å². The van der Waals surface area contributed by atoms with E-state index < -0.39 is 0 Å². The van der Waals surface area contributed by atoms with E-state index in [2.05, 4.69) is 0 Å². The Balaban J connectivity index is 0.000000371. The van der Waals surface area contributed by atoms with Gasteiger partial charge in [-0.05, 0) is 20.8 Å². The fraction of sp³-hybridized carbons (Fsp3) is 1.00. The molecule has 0 saturated carbocycles. The highest BCUT2D eigenvalue weighted by Crippen LogP contribution is 2.21. The van der Waals surface area contributed by atoms with Crippen LogP contribution in [0, 0.1) is 0 Å². The van der Waals surface area contributed by atoms with Crippen molar-refractivity contribution in [1.82, 2.24) is 0 Å². The highest BCUT2D eigenvalue weighted by atomic mass is 16.7. The van der Waals surface area contributed by atoms with E-state index in [4.69, 9.17) is 14.6 Å². The van der Waals surface area contributed by atoms with Gasteiger partial charge in [-0.15, -0.1) is 0 Å². The van der Waals surface area contributed by atoms with E-state index in [0.717, 1.165) is 13.7 Å². The van der Waals surface area contributed by atoms with Crippen molar-refractivity contribution >= 4 is 0 Å². The van der Waals surface area contributed by atoms with Crippen molar-refractivity contribution in [2.75, 3.05) is 13.7 Å². The van der Waals surface area contributed by atoms with Gasteiger partial charge in [0.2, 0.25) is 0 Å². The predicted molar refractivity (Wildman–Crippen MR) is 38.7 cm³/mol. The van der Waals surface area contributed by atoms with Crippen LogP contribution in [0.3, 0.4) is 0 Å². The molecule has 0 aromatic carbocycles. The largest absolute Gasteiger partial charge is 0.400 e. The maximum absolute atomic E-state index is 7.00. The van der Waals surface area contributed by atoms with Gasteiger partial charge in [-0.2, -0.15) is 0 Å². The first-order valence-corrected chi connectivity index (χ1v) is 3.37. The molecule has 3 nitrogen and oxygen atoms in total. The summed E-state index contributed by atoms with van der Waals surface area (Å²) >= 11 is 0. The molecular weight excluding hydrogens is 132 g/mol. The van der Waals surface area contributed by atoms with Crippen LogP contribution in [0.4, 0.5) is 0 Å². The second-order valence-electron chi connectivity index (χ2n) is 2.64. The Labute approximate surface area is 62.0 Å². The zero-order valence-electron chi connectivity index (χ0n) is 7.05. The van der Waals surface area contributed by atoms with E-state index in [9.17, 15) is 0 Å². The van der Waals surface area contributed by atoms with E-state index in [1.54, 1.807) is 0 Å². The van der Waals surface area contributed by atoms with Gasteiger partial charge < -0.3 is 14.6 Å². The molecule has 10 heavy (non-hydrogen) atoms. The Hall–Kier alpha value is -0.120. The first-order chi connectivity index (χ1) is 4.60. The first kappa shape index (κ1) is 9.88. The smallest absolute Gasteiger partial charge is 0.163 e. The molecule has 1 rings (SSSR count). The third-order valence-electron chi connectivity index (χ3n) is 1.15. The van der Waals surface area contributed by atoms with E-state index in [1.807, 2.05) is 20.8 Å². The molecule has 1 atom stereocenters. The van der Waals surface area contributed by atoms with Crippen LogP contribution >= 0.6 is 0 Å². The molecule has 1 unspecified atom stereocenters. The van der Waals surface area contributed by atoms with Crippen LogP contribution in [0.1, 0.15) is 20.8 Å². The van der Waals surface area contributed by atoms with Crippen LogP contribution in [0.25, 0.3) is 0 Å². The highest BCUT2D eigenvalue weighted by Gasteiger charge is 2.29. The zero-order chi connectivity index (χ0) is 8.20. The zero-order valence-corrected chi connectivity index (χ0v) is 7.05. The standard InChI is InChI=1S/C6H12O2.CH4O/c1-5-4-7-6(2,3)8-5;1-2/h5H,4H2,1-3H3;2H,1H3. The van der Waals surface area contributed by atoms with Crippen molar-refractivity contribution < 1.29 is 14.6 Å². The van der Waals surface area contributed by atoms with Crippen molar-refractivity contribution in [2.24, 2.45) is 0 Å². The summed E-state index contributed by atoms with van der Waals surface area (Å²) < 4.78 is 10.6. The molecule has 62 valence electrons. The molecule has 1 N–H and O–H groups in total. The second-order valence-corrected chi connectivity index (χ2v) is 2.64. The molecule has 1 aliphatic heterocycles. The van der Waals surface area contributed by atoms with Gasteiger partial charge in [0.05, 0.1) is 12.7 Å². The normalized spacial score (nSPS) is 29.1. The summed E-state index contributed by atoms with van der Waals surface area (Å²) in [7, 11) is 1.00. The number of hydrogen-bond acceptors (Lipinski definition) is 3. The van der Waals surface area contributed by atoms with Crippen molar-refractivity contribution in [2.45, 2.75) is 32.7 Å². The Kier molecular flexibility index (Phi) is 3.86. The number of aliphatic hydroxyl groups is 1. The molecule has 1 heterocycles. The summed E-state index contributed by atoms with van der Waals surface area (Å²) in [5, 5.41) is 7.00. The fourth-order valence-electron chi connectivity index (χ4n) is 0.871. The number of hydrogen-bond donors (Lipinski definition) is 1. The van der Waals surface area contributed by atoms with Gasteiger partial charge in [-0.1, -0.05) is 0 Å². The molecule has 1 fully saturated rings. The predicted octanol–water partition coefficient (Wildman–Crippen LogP) is 0.766. The van der Waals surface area contributed by atoms with E-state index in [-0.39, 0.29) is 11.9 Å². The lowest BCUT2D eigenvalue weighted by atomic mass is 10.4. The van der Waals surface area contributed by atoms with Gasteiger partial charge in [0.25, 0.3) is 0 Å². The van der Waals surface area contributed by atoms with Crippen LogP contribution in [0.2, 0.25) is 0 Å². The average Bonchev–Trinajstić information content (AvgIpc) is 2.15. The molecule has 0 amide bonds. The summed E-state index contributed by atoms with van der Waals surface area (Å²) in [5.74, 6) is -0.334. The number of ether oxygens (including phenoxy) is 2. The van der Waals surface area contributed by atoms with Gasteiger partial charge >= 0.3 is 0 Å². The molecule has 0 bridgehead atoms. The fourth-order valence-corrected chi connectivity index (χ4v) is 0.871. The van der Waals surface area contributed by atoms with Gasteiger partial charge in [-0.3, -0.25) is 0 Å². The van der Waals surface area contributed by atoms with Crippen LogP contribution < -0.4 is 0 Å². The van der Waals surface area contributed by atoms with E-state index in [1.165, 1.54) is 0 Å². The van der Waals surface area contributed by atoms with Gasteiger partial charge in [0.1, 0.15) is 0 Å². The average molecular weight is 148 g/mol. The minimum atomic E-state index is -0.334. The third-order valence-corrected chi connectivity index (χ3v) is 1.15. The van der Waals surface area contributed by atoms with E-state index >= 15 is 0 Å². The second kappa shape index (κ2) is 3.91. The summed E-state index contributed by atoms with van der Waals surface area (Å²) in [6, 6.07) is 0. The van der Waals surface area contributed by atoms with Crippen molar-refractivity contribution in [3.05, 3.63) is 0 Å². The lowest BCUT2D eigenvalue weighted by Crippen LogP contribution is -2.20. The maximum Gasteiger partial charge on any atom is 0.163 e. The first-order valence-electron chi connectivity index (χ1n) is 3.37. The molecule has 0 radical (unpaired) electrons. The maximum atomic E-state index is 7.00. The molecular formula is C7H16O3. The minimum absolute atomic E-state index is 0.269. The van der Waals surface area contributed by atoms with Gasteiger partial charge in [-0.25, -0.2) is 0 Å². The SMILES string of the molecule is CC1COC(C)(C)O1.CO. The Bertz CT molecular complexity index is 90.9. The van der Waals surface area contributed by atoms with Crippen molar-refractivity contribution in [3.8, 4) is 0 Å². The van der Waals surface area contributed by atoms with Crippen molar-refractivity contribution in [3.63, 3.8) is 0 Å². The Morgan fingerprint density at radius 2 is 1.90 bits per heavy atom. The number of rotatable bonds is 0. The molecule has 3 heteroatoms. The van der Waals surface area contributed by atoms with Gasteiger partial charge in [0, 0.05) is 7.11 Å². The minimum Gasteiger partial charge on any atom is -0.400 e. The van der Waals surface area contributed by atoms with Crippen molar-refractivity contribution in [1.29, 1.82) is 0 Å². The lowest BCUT2D eigenvalue weighted by molar-refractivity contribution is -0.136. The van der Waals surface area contributed by atoms with Crippen LogP contribution in [-0.2, 0) is 9.47 Å². The van der Waals surface area contributed by atoms with Crippen LogP contribution in [0.5, 0.6) is 0 Å². The summed E-state index contributed by atoms with van der Waals surface area (Å²) in [4.78, 5) is 0. The molecule has 1 saturated heterocycles. The Morgan fingerprint density at radius 3 is 2.00 bits per heavy atom. The summed E-state index contributed by atoms with van der Waals surface area (Å²) in [5.41, 5.74) is 0. The quantitative estimate of drug-likeness (QED) is 0.551. The third kappa shape index (κ3) is 3.15. The summed E-state index contributed by atoms with van der Waals surface area (Å²) in [6.07, 6.45) is 0.269. The molecule has 0 spiro atoms. The molecule has 0 aliphatic carbocycles. The van der Waals surface area contributed by atoms with Crippen LogP contribution in [0.15, 0.2) is 0 Å². The topological polar surface area (TPSA) is 38.7 Å². The molecule has 0 aromatic rings. The lowest BCUT2D eigenvalue weighted by Gasteiger charge is -2.15. The summed E-state index contributed by atoms with van der Waals surface area (Å²) in [6.45, 7) is 6.59. The molecule has 0 aromatic heterocycles.